The molecule has 2 aromatic heterocycles. The van der Waals surface area contributed by atoms with Crippen LogP contribution in [0.2, 0.25) is 5.02 Å². The first-order valence-corrected chi connectivity index (χ1v) is 7.48. The summed E-state index contributed by atoms with van der Waals surface area (Å²) in [5, 5.41) is 6.70. The van der Waals surface area contributed by atoms with Gasteiger partial charge in [-0.15, -0.1) is 0 Å². The van der Waals surface area contributed by atoms with Gasteiger partial charge in [0, 0.05) is 24.2 Å². The third kappa shape index (κ3) is 3.75. The standard InChI is InChI=1S/C16H12ClFN4O2/c17-10-4-5-12(18)11(9-10)15(23)20-8-6-14-21-16(24-22-14)13-3-1-2-7-19-13/h1-5,7,9H,6,8H2,(H,20,23). The van der Waals surface area contributed by atoms with E-state index in [1.807, 2.05) is 6.07 Å². The second-order valence-corrected chi connectivity index (χ2v) is 5.30. The summed E-state index contributed by atoms with van der Waals surface area (Å²) in [7, 11) is 0. The van der Waals surface area contributed by atoms with E-state index in [1.165, 1.54) is 12.1 Å². The maximum Gasteiger partial charge on any atom is 0.276 e. The highest BCUT2D eigenvalue weighted by molar-refractivity contribution is 6.31. The van der Waals surface area contributed by atoms with Crippen molar-refractivity contribution in [2.24, 2.45) is 0 Å². The van der Waals surface area contributed by atoms with Gasteiger partial charge in [-0.3, -0.25) is 9.78 Å². The molecule has 3 rings (SSSR count). The maximum absolute atomic E-state index is 13.6. The largest absolute Gasteiger partial charge is 0.351 e. The van der Waals surface area contributed by atoms with Crippen LogP contribution in [0.5, 0.6) is 0 Å². The molecule has 0 atom stereocenters. The summed E-state index contributed by atoms with van der Waals surface area (Å²) in [5.41, 5.74) is 0.464. The van der Waals surface area contributed by atoms with Crippen molar-refractivity contribution in [1.82, 2.24) is 20.4 Å². The molecule has 6 nitrogen and oxygen atoms in total. The average Bonchev–Trinajstić information content (AvgIpc) is 3.06. The van der Waals surface area contributed by atoms with Crippen LogP contribution < -0.4 is 5.32 Å². The van der Waals surface area contributed by atoms with Gasteiger partial charge in [0.05, 0.1) is 5.56 Å². The van der Waals surface area contributed by atoms with Crippen molar-refractivity contribution in [3.63, 3.8) is 0 Å². The molecule has 0 unspecified atom stereocenters. The highest BCUT2D eigenvalue weighted by atomic mass is 35.5. The SMILES string of the molecule is O=C(NCCc1noc(-c2ccccn2)n1)c1cc(Cl)ccc1F. The minimum absolute atomic E-state index is 0.107. The molecule has 122 valence electrons. The molecule has 1 aromatic carbocycles. The molecule has 24 heavy (non-hydrogen) atoms. The zero-order valence-electron chi connectivity index (χ0n) is 12.4. The van der Waals surface area contributed by atoms with Gasteiger partial charge in [-0.05, 0) is 30.3 Å². The van der Waals surface area contributed by atoms with E-state index < -0.39 is 11.7 Å². The van der Waals surface area contributed by atoms with Gasteiger partial charge in [0.15, 0.2) is 5.82 Å². The highest BCUT2D eigenvalue weighted by Crippen LogP contribution is 2.15. The van der Waals surface area contributed by atoms with Gasteiger partial charge in [-0.25, -0.2) is 4.39 Å². The van der Waals surface area contributed by atoms with Gasteiger partial charge in [0.2, 0.25) is 0 Å². The van der Waals surface area contributed by atoms with Crippen molar-refractivity contribution >= 4 is 17.5 Å². The van der Waals surface area contributed by atoms with Crippen LogP contribution in [0.1, 0.15) is 16.2 Å². The molecule has 2 heterocycles. The maximum atomic E-state index is 13.6. The summed E-state index contributed by atoms with van der Waals surface area (Å²) in [5.74, 6) is -0.460. The van der Waals surface area contributed by atoms with E-state index in [0.29, 0.717) is 28.9 Å². The Bertz CT molecular complexity index is 854. The topological polar surface area (TPSA) is 80.9 Å². The first-order chi connectivity index (χ1) is 11.6. The van der Waals surface area contributed by atoms with Crippen LogP contribution in [0.3, 0.4) is 0 Å². The molecule has 0 saturated heterocycles. The fraction of sp³-hybridized carbons (Fsp3) is 0.125. The lowest BCUT2D eigenvalue weighted by atomic mass is 10.2. The number of nitrogens with one attached hydrogen (secondary N) is 1. The second-order valence-electron chi connectivity index (χ2n) is 4.86. The van der Waals surface area contributed by atoms with Crippen molar-refractivity contribution in [2.75, 3.05) is 6.54 Å². The Labute approximate surface area is 141 Å². The lowest BCUT2D eigenvalue weighted by Gasteiger charge is -2.05. The lowest BCUT2D eigenvalue weighted by Crippen LogP contribution is -2.26. The molecular weight excluding hydrogens is 335 g/mol. The van der Waals surface area contributed by atoms with Crippen molar-refractivity contribution in [3.05, 3.63) is 64.8 Å². The average molecular weight is 347 g/mol. The number of pyridine rings is 1. The van der Waals surface area contributed by atoms with Gasteiger partial charge in [-0.2, -0.15) is 4.98 Å². The number of benzene rings is 1. The van der Waals surface area contributed by atoms with Gasteiger partial charge in [0.1, 0.15) is 11.5 Å². The summed E-state index contributed by atoms with van der Waals surface area (Å²) in [6.45, 7) is 0.228. The van der Waals surface area contributed by atoms with Crippen molar-refractivity contribution in [1.29, 1.82) is 0 Å². The van der Waals surface area contributed by atoms with Crippen LogP contribution in [-0.2, 0) is 6.42 Å². The van der Waals surface area contributed by atoms with E-state index in [4.69, 9.17) is 16.1 Å². The smallest absolute Gasteiger partial charge is 0.276 e. The molecule has 0 fully saturated rings. The summed E-state index contributed by atoms with van der Waals surface area (Å²) in [6, 6.07) is 9.15. The molecule has 3 aromatic rings. The molecule has 0 spiro atoms. The van der Waals surface area contributed by atoms with E-state index in [2.05, 4.69) is 20.4 Å². The van der Waals surface area contributed by atoms with Crippen LogP contribution in [-0.4, -0.2) is 27.6 Å². The first kappa shape index (κ1) is 16.1. The minimum atomic E-state index is -0.631. The second kappa shape index (κ2) is 7.18. The van der Waals surface area contributed by atoms with E-state index in [1.54, 1.807) is 18.3 Å². The summed E-state index contributed by atoms with van der Waals surface area (Å²) in [4.78, 5) is 20.3. The summed E-state index contributed by atoms with van der Waals surface area (Å²) < 4.78 is 18.7. The van der Waals surface area contributed by atoms with Gasteiger partial charge in [0.25, 0.3) is 11.8 Å². The van der Waals surface area contributed by atoms with E-state index in [0.717, 1.165) is 6.07 Å². The molecule has 0 saturated carbocycles. The predicted molar refractivity (Wildman–Crippen MR) is 85.0 cm³/mol. The summed E-state index contributed by atoms with van der Waals surface area (Å²) in [6.07, 6.45) is 1.96. The number of nitrogens with zero attached hydrogens (tertiary/aromatic N) is 3. The molecule has 0 aliphatic carbocycles. The Morgan fingerprint density at radius 1 is 1.29 bits per heavy atom. The molecule has 8 heteroatoms. The molecule has 0 aliphatic rings. The first-order valence-electron chi connectivity index (χ1n) is 7.11. The van der Waals surface area contributed by atoms with Gasteiger partial charge in [-0.1, -0.05) is 22.8 Å². The van der Waals surface area contributed by atoms with Crippen LogP contribution >= 0.6 is 11.6 Å². The highest BCUT2D eigenvalue weighted by Gasteiger charge is 2.13. The predicted octanol–water partition coefficient (Wildman–Crippen LogP) is 2.90. The normalized spacial score (nSPS) is 10.6. The van der Waals surface area contributed by atoms with E-state index in [9.17, 15) is 9.18 Å². The number of carbonyl (C=O) groups excluding carboxylic acids is 1. The molecule has 1 amide bonds. The van der Waals surface area contributed by atoms with Crippen LogP contribution in [0.15, 0.2) is 47.1 Å². The zero-order valence-corrected chi connectivity index (χ0v) is 13.1. The molecular formula is C16H12ClFN4O2. The Hall–Kier alpha value is -2.80. The van der Waals surface area contributed by atoms with Crippen molar-refractivity contribution in [2.45, 2.75) is 6.42 Å². The Balaban J connectivity index is 1.58. The lowest BCUT2D eigenvalue weighted by molar-refractivity contribution is 0.0950. The number of carbonyl (C=O) groups is 1. The Kier molecular flexibility index (Phi) is 4.81. The van der Waals surface area contributed by atoms with E-state index >= 15 is 0 Å². The monoisotopic (exact) mass is 346 g/mol. The minimum Gasteiger partial charge on any atom is -0.351 e. The van der Waals surface area contributed by atoms with Crippen molar-refractivity contribution in [3.8, 4) is 11.6 Å². The number of rotatable bonds is 5. The van der Waals surface area contributed by atoms with Crippen LogP contribution in [0.4, 0.5) is 4.39 Å². The third-order valence-electron chi connectivity index (χ3n) is 3.16. The Morgan fingerprint density at radius 3 is 2.96 bits per heavy atom. The van der Waals surface area contributed by atoms with Crippen LogP contribution in [0.25, 0.3) is 11.6 Å². The number of amides is 1. The van der Waals surface area contributed by atoms with Gasteiger partial charge < -0.3 is 9.84 Å². The fourth-order valence-electron chi connectivity index (χ4n) is 2.00. The van der Waals surface area contributed by atoms with Crippen LogP contribution in [0, 0.1) is 5.82 Å². The quantitative estimate of drug-likeness (QED) is 0.768. The van der Waals surface area contributed by atoms with Gasteiger partial charge >= 0.3 is 0 Å². The third-order valence-corrected chi connectivity index (χ3v) is 3.39. The van der Waals surface area contributed by atoms with E-state index in [-0.39, 0.29) is 12.1 Å². The molecule has 1 N–H and O–H groups in total. The summed E-state index contributed by atoms with van der Waals surface area (Å²) >= 11 is 5.77. The molecule has 0 radical (unpaired) electrons. The zero-order chi connectivity index (χ0) is 16.9. The van der Waals surface area contributed by atoms with Crippen molar-refractivity contribution < 1.29 is 13.7 Å². The number of hydrogen-bond donors (Lipinski definition) is 1. The molecule has 0 aliphatic heterocycles. The fourth-order valence-corrected chi connectivity index (χ4v) is 2.18. The number of aromatic nitrogens is 3. The Morgan fingerprint density at radius 2 is 2.17 bits per heavy atom. The number of hydrogen-bond acceptors (Lipinski definition) is 5. The number of halogens is 2. The molecule has 0 bridgehead atoms.